The average molecular weight is 400 g/mol. The molecule has 2 aromatic rings. The molecule has 0 aliphatic heterocycles. The molecular formula is C22H30FN5O. The van der Waals surface area contributed by atoms with E-state index in [1.807, 2.05) is 6.07 Å². The van der Waals surface area contributed by atoms with Crippen LogP contribution in [0.3, 0.4) is 0 Å². The molecule has 0 saturated carbocycles. The number of carbonyl (C=O) groups is 1. The van der Waals surface area contributed by atoms with E-state index in [0.29, 0.717) is 17.7 Å². The second kappa shape index (κ2) is 11.8. The van der Waals surface area contributed by atoms with E-state index < -0.39 is 0 Å². The third-order valence-corrected chi connectivity index (χ3v) is 4.63. The summed E-state index contributed by atoms with van der Waals surface area (Å²) in [7, 11) is 3.77. The number of carbonyl (C=O) groups excluding carboxylic acids is 1. The lowest BCUT2D eigenvalue weighted by atomic mass is 10.1. The number of guanidine groups is 1. The van der Waals surface area contributed by atoms with Gasteiger partial charge >= 0.3 is 0 Å². The van der Waals surface area contributed by atoms with Gasteiger partial charge in [-0.2, -0.15) is 0 Å². The van der Waals surface area contributed by atoms with Crippen molar-refractivity contribution in [3.8, 4) is 0 Å². The molecule has 1 unspecified atom stereocenters. The van der Waals surface area contributed by atoms with Gasteiger partial charge < -0.3 is 16.0 Å². The molecule has 0 fully saturated rings. The number of nitrogens with one attached hydrogen (secondary N) is 3. The molecule has 0 aliphatic carbocycles. The highest BCUT2D eigenvalue weighted by molar-refractivity contribution is 5.94. The number of nitrogens with zero attached hydrogens (tertiary/aromatic N) is 2. The summed E-state index contributed by atoms with van der Waals surface area (Å²) in [5, 5.41) is 8.83. The monoisotopic (exact) mass is 399 g/mol. The fourth-order valence-electron chi connectivity index (χ4n) is 2.80. The SMILES string of the molecule is CN=C(NCCC(C)N(C)Cc1ccccc1)NCC(=O)Nc1cccc(F)c1. The Morgan fingerprint density at radius 3 is 2.59 bits per heavy atom. The van der Waals surface area contributed by atoms with Gasteiger partial charge in [-0.1, -0.05) is 36.4 Å². The van der Waals surface area contributed by atoms with Gasteiger partial charge in [0.25, 0.3) is 0 Å². The summed E-state index contributed by atoms with van der Waals surface area (Å²) in [5.41, 5.74) is 1.71. The Hall–Kier alpha value is -2.93. The van der Waals surface area contributed by atoms with E-state index in [0.717, 1.165) is 19.5 Å². The fraction of sp³-hybridized carbons (Fsp3) is 0.364. The summed E-state index contributed by atoms with van der Waals surface area (Å²) in [4.78, 5) is 18.4. The van der Waals surface area contributed by atoms with Crippen LogP contribution in [0.5, 0.6) is 0 Å². The molecule has 3 N–H and O–H groups in total. The first-order valence-electron chi connectivity index (χ1n) is 9.72. The average Bonchev–Trinajstić information content (AvgIpc) is 2.71. The molecule has 7 heteroatoms. The summed E-state index contributed by atoms with van der Waals surface area (Å²) in [6.45, 7) is 3.85. The molecule has 2 aromatic carbocycles. The van der Waals surface area contributed by atoms with E-state index in [1.54, 1.807) is 19.2 Å². The lowest BCUT2D eigenvalue weighted by molar-refractivity contribution is -0.115. The zero-order valence-corrected chi connectivity index (χ0v) is 17.3. The summed E-state index contributed by atoms with van der Waals surface area (Å²) in [6.07, 6.45) is 0.930. The van der Waals surface area contributed by atoms with Crippen molar-refractivity contribution in [2.24, 2.45) is 4.99 Å². The van der Waals surface area contributed by atoms with Crippen molar-refractivity contribution in [3.05, 3.63) is 66.0 Å². The maximum atomic E-state index is 13.2. The highest BCUT2D eigenvalue weighted by Crippen LogP contribution is 2.09. The Morgan fingerprint density at radius 1 is 1.14 bits per heavy atom. The predicted molar refractivity (Wildman–Crippen MR) is 116 cm³/mol. The molecule has 0 radical (unpaired) electrons. The van der Waals surface area contributed by atoms with E-state index in [1.165, 1.54) is 17.7 Å². The highest BCUT2D eigenvalue weighted by atomic mass is 19.1. The van der Waals surface area contributed by atoms with Gasteiger partial charge in [-0.25, -0.2) is 4.39 Å². The summed E-state index contributed by atoms with van der Waals surface area (Å²) >= 11 is 0. The van der Waals surface area contributed by atoms with E-state index in [4.69, 9.17) is 0 Å². The Labute approximate surface area is 172 Å². The molecular weight excluding hydrogens is 369 g/mol. The predicted octanol–water partition coefficient (Wildman–Crippen LogP) is 2.84. The third-order valence-electron chi connectivity index (χ3n) is 4.63. The molecule has 1 amide bonds. The number of benzene rings is 2. The van der Waals surface area contributed by atoms with E-state index >= 15 is 0 Å². The molecule has 0 saturated heterocycles. The minimum atomic E-state index is -0.389. The number of hydrogen-bond donors (Lipinski definition) is 3. The van der Waals surface area contributed by atoms with Gasteiger partial charge in [-0.05, 0) is 44.2 Å². The first-order valence-corrected chi connectivity index (χ1v) is 9.72. The first kappa shape index (κ1) is 22.4. The lowest BCUT2D eigenvalue weighted by Crippen LogP contribution is -2.43. The highest BCUT2D eigenvalue weighted by Gasteiger charge is 2.10. The smallest absolute Gasteiger partial charge is 0.243 e. The lowest BCUT2D eigenvalue weighted by Gasteiger charge is -2.25. The van der Waals surface area contributed by atoms with Crippen molar-refractivity contribution in [2.75, 3.05) is 32.5 Å². The second-order valence-electron chi connectivity index (χ2n) is 6.95. The minimum Gasteiger partial charge on any atom is -0.356 e. The quantitative estimate of drug-likeness (QED) is 0.448. The summed E-state index contributed by atoms with van der Waals surface area (Å²) in [6, 6.07) is 16.6. The summed E-state index contributed by atoms with van der Waals surface area (Å²) < 4.78 is 13.2. The number of aliphatic imine (C=N–C) groups is 1. The molecule has 2 rings (SSSR count). The third kappa shape index (κ3) is 8.31. The molecule has 1 atom stereocenters. The number of hydrogen-bond acceptors (Lipinski definition) is 3. The van der Waals surface area contributed by atoms with Crippen LogP contribution < -0.4 is 16.0 Å². The van der Waals surface area contributed by atoms with Crippen LogP contribution in [0.1, 0.15) is 18.9 Å². The van der Waals surface area contributed by atoms with Crippen molar-refractivity contribution in [1.29, 1.82) is 0 Å². The van der Waals surface area contributed by atoms with Crippen LogP contribution in [0.25, 0.3) is 0 Å². The van der Waals surface area contributed by atoms with Crippen molar-refractivity contribution < 1.29 is 9.18 Å². The molecule has 29 heavy (non-hydrogen) atoms. The van der Waals surface area contributed by atoms with Crippen LogP contribution in [-0.2, 0) is 11.3 Å². The normalized spacial score (nSPS) is 12.5. The van der Waals surface area contributed by atoms with Crippen molar-refractivity contribution in [3.63, 3.8) is 0 Å². The van der Waals surface area contributed by atoms with E-state index in [2.05, 4.69) is 64.1 Å². The van der Waals surface area contributed by atoms with Crippen molar-refractivity contribution in [2.45, 2.75) is 25.9 Å². The summed E-state index contributed by atoms with van der Waals surface area (Å²) in [5.74, 6) is -0.105. The van der Waals surface area contributed by atoms with E-state index in [9.17, 15) is 9.18 Å². The number of anilines is 1. The molecule has 6 nitrogen and oxygen atoms in total. The number of rotatable bonds is 9. The Kier molecular flexibility index (Phi) is 9.11. The van der Waals surface area contributed by atoms with Gasteiger partial charge in [0, 0.05) is 31.9 Å². The zero-order valence-electron chi connectivity index (χ0n) is 17.3. The van der Waals surface area contributed by atoms with E-state index in [-0.39, 0.29) is 18.3 Å². The van der Waals surface area contributed by atoms with Crippen LogP contribution in [0.4, 0.5) is 10.1 Å². The minimum absolute atomic E-state index is 0.0413. The van der Waals surface area contributed by atoms with Gasteiger partial charge in [0.2, 0.25) is 5.91 Å². The molecule has 0 aliphatic rings. The largest absolute Gasteiger partial charge is 0.356 e. The number of amides is 1. The Balaban J connectivity index is 1.68. The van der Waals surface area contributed by atoms with Gasteiger partial charge in [-0.15, -0.1) is 0 Å². The first-order chi connectivity index (χ1) is 14.0. The van der Waals surface area contributed by atoms with Crippen LogP contribution in [0.2, 0.25) is 0 Å². The van der Waals surface area contributed by atoms with Crippen LogP contribution >= 0.6 is 0 Å². The second-order valence-corrected chi connectivity index (χ2v) is 6.95. The van der Waals surface area contributed by atoms with Gasteiger partial charge in [0.05, 0.1) is 6.54 Å². The van der Waals surface area contributed by atoms with Gasteiger partial charge in [0.1, 0.15) is 5.82 Å². The molecule has 0 aromatic heterocycles. The van der Waals surface area contributed by atoms with Crippen LogP contribution in [0, 0.1) is 5.82 Å². The maximum Gasteiger partial charge on any atom is 0.243 e. The zero-order chi connectivity index (χ0) is 21.1. The molecule has 156 valence electrons. The van der Waals surface area contributed by atoms with Gasteiger partial charge in [-0.3, -0.25) is 14.7 Å². The Bertz CT molecular complexity index is 797. The topological polar surface area (TPSA) is 68.8 Å². The maximum absolute atomic E-state index is 13.2. The van der Waals surface area contributed by atoms with Crippen molar-refractivity contribution in [1.82, 2.24) is 15.5 Å². The Morgan fingerprint density at radius 2 is 1.90 bits per heavy atom. The molecule has 0 spiro atoms. The van der Waals surface area contributed by atoms with Gasteiger partial charge in [0.15, 0.2) is 5.96 Å². The van der Waals surface area contributed by atoms with Crippen molar-refractivity contribution >= 4 is 17.6 Å². The molecule has 0 bridgehead atoms. The van der Waals surface area contributed by atoms with Crippen LogP contribution in [0.15, 0.2) is 59.6 Å². The fourth-order valence-corrected chi connectivity index (χ4v) is 2.80. The van der Waals surface area contributed by atoms with Crippen LogP contribution in [-0.4, -0.2) is 50.0 Å². The number of halogens is 1. The standard InChI is InChI=1S/C22H30FN5O/c1-17(28(3)16-18-8-5-4-6-9-18)12-13-25-22(24-2)26-15-21(29)27-20-11-7-10-19(23)14-20/h4-11,14,17H,12-13,15-16H2,1-3H3,(H,27,29)(H2,24,25,26). The molecule has 0 heterocycles.